The molecule has 0 saturated carbocycles. The largest absolute Gasteiger partial charge is 0.364 e. The number of aromatic nitrogens is 3. The first kappa shape index (κ1) is 10.5. The zero-order valence-corrected chi connectivity index (χ0v) is 8.51. The Kier molecular flexibility index (Phi) is 2.13. The molecule has 2 heterocycles. The second-order valence-corrected chi connectivity index (χ2v) is 3.60. The van der Waals surface area contributed by atoms with Crippen molar-refractivity contribution in [1.29, 1.82) is 0 Å². The van der Waals surface area contributed by atoms with Crippen LogP contribution in [0.4, 0.5) is 4.39 Å². The lowest BCUT2D eigenvalue weighted by atomic mass is 10.2. The third-order valence-electron chi connectivity index (χ3n) is 2.16. The number of halogens is 1. The van der Waals surface area contributed by atoms with Gasteiger partial charge in [0.15, 0.2) is 11.5 Å². The number of carbonyl (C=O) groups excluding carboxylic acids is 1. The Hall–Kier alpha value is -2.02. The molecule has 2 aromatic rings. The highest BCUT2D eigenvalue weighted by Crippen LogP contribution is 2.19. The third kappa shape index (κ3) is 1.61. The molecular formula is C9H10FN5O. The number of hydrogen-bond acceptors (Lipinski definition) is 4. The number of alkyl halides is 1. The van der Waals surface area contributed by atoms with E-state index in [4.69, 9.17) is 11.5 Å². The van der Waals surface area contributed by atoms with Gasteiger partial charge in [-0.05, 0) is 13.0 Å². The lowest BCUT2D eigenvalue weighted by Gasteiger charge is -2.13. The number of primary amides is 1. The molecule has 2 rings (SSSR count). The monoisotopic (exact) mass is 223 g/mol. The van der Waals surface area contributed by atoms with Gasteiger partial charge >= 0.3 is 0 Å². The van der Waals surface area contributed by atoms with Gasteiger partial charge in [0, 0.05) is 0 Å². The third-order valence-corrected chi connectivity index (χ3v) is 2.16. The summed E-state index contributed by atoms with van der Waals surface area (Å²) >= 11 is 0. The average molecular weight is 223 g/mol. The first-order valence-electron chi connectivity index (χ1n) is 4.50. The van der Waals surface area contributed by atoms with Crippen LogP contribution < -0.4 is 11.5 Å². The molecule has 6 nitrogen and oxygen atoms in total. The van der Waals surface area contributed by atoms with Gasteiger partial charge in [-0.15, -0.1) is 0 Å². The quantitative estimate of drug-likeness (QED) is 0.696. The van der Waals surface area contributed by atoms with Gasteiger partial charge in [-0.2, -0.15) is 0 Å². The zero-order chi connectivity index (χ0) is 11.9. The summed E-state index contributed by atoms with van der Waals surface area (Å²) in [5, 5.41) is 0. The second kappa shape index (κ2) is 3.24. The highest BCUT2D eigenvalue weighted by Gasteiger charge is 2.22. The van der Waals surface area contributed by atoms with Crippen LogP contribution in [0.5, 0.6) is 0 Å². The zero-order valence-electron chi connectivity index (χ0n) is 8.51. The molecule has 0 aromatic carbocycles. The second-order valence-electron chi connectivity index (χ2n) is 3.60. The highest BCUT2D eigenvalue weighted by molar-refractivity contribution is 5.97. The van der Waals surface area contributed by atoms with E-state index in [1.54, 1.807) is 0 Å². The summed E-state index contributed by atoms with van der Waals surface area (Å²) in [7, 11) is 0. The van der Waals surface area contributed by atoms with Crippen LogP contribution in [0, 0.1) is 0 Å². The van der Waals surface area contributed by atoms with Crippen LogP contribution in [0.3, 0.4) is 0 Å². The standard InChI is InChI=1S/C9H10FN5O/c1-9(10,12)6-2-5-7(8(11)16)14-4-15(5)3-13-6/h2-4H,12H2,1H3,(H2,11,16). The van der Waals surface area contributed by atoms with Gasteiger partial charge in [-0.3, -0.25) is 14.9 Å². The van der Waals surface area contributed by atoms with Crippen LogP contribution in [0.25, 0.3) is 5.52 Å². The molecule has 0 aliphatic heterocycles. The first-order chi connectivity index (χ1) is 7.39. The normalized spacial score (nSPS) is 14.9. The van der Waals surface area contributed by atoms with Crippen molar-refractivity contribution in [3.05, 3.63) is 30.1 Å². The number of carbonyl (C=O) groups is 1. The van der Waals surface area contributed by atoms with Gasteiger partial charge < -0.3 is 5.73 Å². The van der Waals surface area contributed by atoms with Crippen LogP contribution in [0.1, 0.15) is 23.1 Å². The molecular weight excluding hydrogens is 213 g/mol. The Morgan fingerprint density at radius 1 is 1.50 bits per heavy atom. The minimum absolute atomic E-state index is 0.0167. The Labute approximate surface area is 90.1 Å². The molecule has 0 fully saturated rings. The molecule has 4 N–H and O–H groups in total. The van der Waals surface area contributed by atoms with E-state index in [2.05, 4.69) is 9.97 Å². The molecule has 0 radical (unpaired) electrons. The molecule has 84 valence electrons. The number of rotatable bonds is 2. The first-order valence-corrected chi connectivity index (χ1v) is 4.50. The summed E-state index contributed by atoms with van der Waals surface area (Å²) in [4.78, 5) is 18.7. The molecule has 1 amide bonds. The topological polar surface area (TPSA) is 99.3 Å². The average Bonchev–Trinajstić information content (AvgIpc) is 2.58. The van der Waals surface area contributed by atoms with Gasteiger partial charge in [0.25, 0.3) is 5.91 Å². The fraction of sp³-hybridized carbons (Fsp3) is 0.222. The van der Waals surface area contributed by atoms with Crippen LogP contribution in [-0.4, -0.2) is 20.3 Å². The van der Waals surface area contributed by atoms with Crippen LogP contribution in [-0.2, 0) is 5.79 Å². The van der Waals surface area contributed by atoms with E-state index in [-0.39, 0.29) is 11.4 Å². The van der Waals surface area contributed by atoms with Gasteiger partial charge in [0.05, 0.1) is 11.2 Å². The van der Waals surface area contributed by atoms with Crippen LogP contribution in [0.15, 0.2) is 18.7 Å². The number of amides is 1. The Morgan fingerprint density at radius 2 is 2.12 bits per heavy atom. The lowest BCUT2D eigenvalue weighted by molar-refractivity contribution is 0.0997. The van der Waals surface area contributed by atoms with Crippen LogP contribution in [0.2, 0.25) is 0 Å². The molecule has 1 unspecified atom stereocenters. The molecule has 1 atom stereocenters. The molecule has 16 heavy (non-hydrogen) atoms. The maximum Gasteiger partial charge on any atom is 0.269 e. The van der Waals surface area contributed by atoms with E-state index in [0.29, 0.717) is 5.52 Å². The molecule has 0 aliphatic carbocycles. The van der Waals surface area contributed by atoms with Crippen molar-refractivity contribution < 1.29 is 9.18 Å². The summed E-state index contributed by atoms with van der Waals surface area (Å²) in [6.45, 7) is 1.17. The van der Waals surface area contributed by atoms with Crippen LogP contribution >= 0.6 is 0 Å². The summed E-state index contributed by atoms with van der Waals surface area (Å²) < 4.78 is 14.9. The Balaban J connectivity index is 2.68. The van der Waals surface area contributed by atoms with E-state index in [1.165, 1.54) is 30.0 Å². The molecule has 0 bridgehead atoms. The summed E-state index contributed by atoms with van der Waals surface area (Å²) in [6, 6.07) is 1.35. The lowest BCUT2D eigenvalue weighted by Crippen LogP contribution is -2.28. The summed E-state index contributed by atoms with van der Waals surface area (Å²) in [6.07, 6.45) is 2.70. The van der Waals surface area contributed by atoms with Crippen molar-refractivity contribution >= 4 is 11.4 Å². The van der Waals surface area contributed by atoms with E-state index < -0.39 is 11.7 Å². The van der Waals surface area contributed by atoms with Gasteiger partial charge in [0.1, 0.15) is 12.7 Å². The van der Waals surface area contributed by atoms with Gasteiger partial charge in [-0.25, -0.2) is 14.4 Å². The number of hydrogen-bond donors (Lipinski definition) is 2. The minimum Gasteiger partial charge on any atom is -0.364 e. The Bertz CT molecular complexity index is 557. The van der Waals surface area contributed by atoms with Crippen molar-refractivity contribution in [2.75, 3.05) is 0 Å². The van der Waals surface area contributed by atoms with Crippen molar-refractivity contribution in [2.45, 2.75) is 12.7 Å². The number of nitrogens with zero attached hydrogens (tertiary/aromatic N) is 3. The van der Waals surface area contributed by atoms with E-state index in [0.717, 1.165) is 0 Å². The maximum atomic E-state index is 13.5. The SMILES string of the molecule is CC(N)(F)c1cc2c(C(N)=O)ncn2cn1. The predicted molar refractivity (Wildman–Crippen MR) is 54.2 cm³/mol. The summed E-state index contributed by atoms with van der Waals surface area (Å²) in [5.41, 5.74) is 10.9. The molecule has 0 spiro atoms. The van der Waals surface area contributed by atoms with Crippen molar-refractivity contribution in [3.63, 3.8) is 0 Å². The number of imidazole rings is 1. The van der Waals surface area contributed by atoms with Crippen molar-refractivity contribution in [1.82, 2.24) is 14.4 Å². The molecule has 0 saturated heterocycles. The minimum atomic E-state index is -2.07. The molecule has 7 heteroatoms. The molecule has 0 aliphatic rings. The van der Waals surface area contributed by atoms with E-state index in [9.17, 15) is 9.18 Å². The number of fused-ring (bicyclic) bond motifs is 1. The smallest absolute Gasteiger partial charge is 0.269 e. The highest BCUT2D eigenvalue weighted by atomic mass is 19.1. The van der Waals surface area contributed by atoms with Crippen molar-refractivity contribution in [3.8, 4) is 0 Å². The number of nitrogens with two attached hydrogens (primary N) is 2. The van der Waals surface area contributed by atoms with Gasteiger partial charge in [0.2, 0.25) is 0 Å². The van der Waals surface area contributed by atoms with E-state index in [1.807, 2.05) is 0 Å². The molecule has 2 aromatic heterocycles. The van der Waals surface area contributed by atoms with E-state index >= 15 is 0 Å². The fourth-order valence-corrected chi connectivity index (χ4v) is 1.35. The van der Waals surface area contributed by atoms with Gasteiger partial charge in [-0.1, -0.05) is 0 Å². The maximum absolute atomic E-state index is 13.5. The Morgan fingerprint density at radius 3 is 2.69 bits per heavy atom. The van der Waals surface area contributed by atoms with Crippen molar-refractivity contribution in [2.24, 2.45) is 11.5 Å². The summed E-state index contributed by atoms with van der Waals surface area (Å²) in [5.74, 6) is -2.75. The predicted octanol–water partition coefficient (Wildman–Crippen LogP) is -0.0709. The fourth-order valence-electron chi connectivity index (χ4n) is 1.35.